The number of pyridine rings is 1. The summed E-state index contributed by atoms with van der Waals surface area (Å²) in [4.78, 5) is 14.7. The Hall–Kier alpha value is -3.03. The Balaban J connectivity index is 2.44. The lowest BCUT2D eigenvalue weighted by Gasteiger charge is -2.14. The molecule has 3 nitrogen and oxygen atoms in total. The monoisotopic (exact) mass is 353 g/mol. The number of aromatic carboxylic acids is 1. The number of nitrogens with zero attached hydrogens (tertiary/aromatic N) is 1. The number of rotatable bonds is 2. The summed E-state index contributed by atoms with van der Waals surface area (Å²) in [6.07, 6.45) is -4.29. The zero-order chi connectivity index (χ0) is 18.4. The Morgan fingerprint density at radius 2 is 1.64 bits per heavy atom. The number of hydrogen-bond acceptors (Lipinski definition) is 2. The lowest BCUT2D eigenvalue weighted by atomic mass is 9.98. The van der Waals surface area contributed by atoms with Crippen LogP contribution in [-0.2, 0) is 6.18 Å². The molecule has 0 aliphatic carbocycles. The highest BCUT2D eigenvalue weighted by atomic mass is 19.4. The molecule has 8 heteroatoms. The Kier molecular flexibility index (Phi) is 3.90. The molecule has 0 atom stereocenters. The molecular weight excluding hydrogens is 345 g/mol. The summed E-state index contributed by atoms with van der Waals surface area (Å²) >= 11 is 0. The van der Waals surface area contributed by atoms with Crippen LogP contribution in [0.15, 0.2) is 42.6 Å². The average Bonchev–Trinajstić information content (AvgIpc) is 2.53. The Morgan fingerprint density at radius 1 is 1.00 bits per heavy atom. The molecule has 3 aromatic rings. The van der Waals surface area contributed by atoms with Gasteiger partial charge in [0.05, 0.1) is 22.4 Å². The molecule has 0 bridgehead atoms. The van der Waals surface area contributed by atoms with E-state index in [1.807, 2.05) is 0 Å². The highest BCUT2D eigenvalue weighted by Crippen LogP contribution is 2.39. The van der Waals surface area contributed by atoms with E-state index in [0.717, 1.165) is 36.4 Å². The van der Waals surface area contributed by atoms with Crippen LogP contribution in [0.1, 0.15) is 15.9 Å². The smallest absolute Gasteiger partial charge is 0.418 e. The molecule has 0 saturated heterocycles. The predicted octanol–water partition coefficient (Wildman–Crippen LogP) is 4.90. The van der Waals surface area contributed by atoms with Gasteiger partial charge in [0.1, 0.15) is 11.6 Å². The number of carboxylic acid groups (broad SMARTS) is 1. The molecule has 25 heavy (non-hydrogen) atoms. The maximum Gasteiger partial charge on any atom is 0.418 e. The molecule has 2 aromatic carbocycles. The maximum atomic E-state index is 14.0. The van der Waals surface area contributed by atoms with Crippen LogP contribution in [-0.4, -0.2) is 16.1 Å². The van der Waals surface area contributed by atoms with Gasteiger partial charge in [-0.25, -0.2) is 13.6 Å². The number of benzene rings is 2. The van der Waals surface area contributed by atoms with Crippen LogP contribution in [0, 0.1) is 11.6 Å². The first-order valence-corrected chi connectivity index (χ1v) is 6.88. The average molecular weight is 353 g/mol. The summed E-state index contributed by atoms with van der Waals surface area (Å²) in [5.41, 5.74) is -2.47. The van der Waals surface area contributed by atoms with Gasteiger partial charge < -0.3 is 5.11 Å². The fourth-order valence-corrected chi connectivity index (χ4v) is 2.53. The van der Waals surface area contributed by atoms with Gasteiger partial charge in [-0.05, 0) is 29.7 Å². The van der Waals surface area contributed by atoms with Gasteiger partial charge in [0.15, 0.2) is 0 Å². The molecule has 0 amide bonds. The topological polar surface area (TPSA) is 50.2 Å². The molecule has 1 aromatic heterocycles. The second kappa shape index (κ2) is 5.80. The van der Waals surface area contributed by atoms with Crippen molar-refractivity contribution in [3.63, 3.8) is 0 Å². The van der Waals surface area contributed by atoms with Crippen molar-refractivity contribution in [3.05, 3.63) is 65.4 Å². The zero-order valence-corrected chi connectivity index (χ0v) is 12.2. The molecular formula is C17H8F5NO2. The Bertz CT molecular complexity index is 978. The number of aromatic nitrogens is 1. The van der Waals surface area contributed by atoms with Crippen LogP contribution in [0.5, 0.6) is 0 Å². The van der Waals surface area contributed by atoms with Crippen LogP contribution < -0.4 is 0 Å². The van der Waals surface area contributed by atoms with Crippen molar-refractivity contribution in [3.8, 4) is 11.3 Å². The van der Waals surface area contributed by atoms with Gasteiger partial charge in [0, 0.05) is 11.6 Å². The van der Waals surface area contributed by atoms with Gasteiger partial charge in [-0.2, -0.15) is 13.2 Å². The van der Waals surface area contributed by atoms with E-state index < -0.39 is 46.0 Å². The van der Waals surface area contributed by atoms with Crippen LogP contribution in [0.3, 0.4) is 0 Å². The number of carbonyl (C=O) groups is 1. The van der Waals surface area contributed by atoms with Crippen molar-refractivity contribution in [1.29, 1.82) is 0 Å². The first kappa shape index (κ1) is 16.8. The summed E-state index contributed by atoms with van der Waals surface area (Å²) in [7, 11) is 0. The number of fused-ring (bicyclic) bond motifs is 1. The van der Waals surface area contributed by atoms with Crippen molar-refractivity contribution in [2.45, 2.75) is 6.18 Å². The fourth-order valence-electron chi connectivity index (χ4n) is 2.53. The molecule has 128 valence electrons. The summed E-state index contributed by atoms with van der Waals surface area (Å²) in [5.74, 6) is -3.43. The number of hydrogen-bond donors (Lipinski definition) is 1. The van der Waals surface area contributed by atoms with Gasteiger partial charge in [-0.1, -0.05) is 12.1 Å². The molecule has 0 radical (unpaired) electrons. The third-order valence-electron chi connectivity index (χ3n) is 3.64. The quantitative estimate of drug-likeness (QED) is 0.667. The summed E-state index contributed by atoms with van der Waals surface area (Å²) in [6.45, 7) is 0. The highest BCUT2D eigenvalue weighted by molar-refractivity contribution is 6.01. The van der Waals surface area contributed by atoms with Gasteiger partial charge in [-0.3, -0.25) is 4.98 Å². The number of halogens is 5. The molecule has 0 fully saturated rings. The Morgan fingerprint density at radius 3 is 2.20 bits per heavy atom. The third kappa shape index (κ3) is 2.90. The van der Waals surface area contributed by atoms with Crippen molar-refractivity contribution in [2.75, 3.05) is 0 Å². The minimum absolute atomic E-state index is 0.307. The van der Waals surface area contributed by atoms with Crippen molar-refractivity contribution < 1.29 is 31.9 Å². The van der Waals surface area contributed by atoms with Crippen molar-refractivity contribution in [1.82, 2.24) is 4.98 Å². The van der Waals surface area contributed by atoms with Crippen LogP contribution in [0.4, 0.5) is 22.0 Å². The summed E-state index contributed by atoms with van der Waals surface area (Å²) in [5, 5.41) is 8.35. The predicted molar refractivity (Wildman–Crippen MR) is 79.1 cm³/mol. The summed E-state index contributed by atoms with van der Waals surface area (Å²) in [6, 6.07) is 5.83. The lowest BCUT2D eigenvalue weighted by Crippen LogP contribution is -2.08. The highest BCUT2D eigenvalue weighted by Gasteiger charge is 2.34. The molecule has 1 N–H and O–H groups in total. The fraction of sp³-hybridized carbons (Fsp3) is 0.0588. The van der Waals surface area contributed by atoms with Crippen LogP contribution in [0.25, 0.3) is 22.0 Å². The maximum absolute atomic E-state index is 14.0. The normalized spacial score (nSPS) is 11.7. The molecule has 0 aliphatic heterocycles. The van der Waals surface area contributed by atoms with E-state index in [1.165, 1.54) is 0 Å². The van der Waals surface area contributed by atoms with Crippen LogP contribution in [0.2, 0.25) is 0 Å². The van der Waals surface area contributed by atoms with E-state index in [1.54, 1.807) is 0 Å². The van der Waals surface area contributed by atoms with Gasteiger partial charge >= 0.3 is 12.1 Å². The third-order valence-corrected chi connectivity index (χ3v) is 3.64. The molecule has 1 heterocycles. The minimum Gasteiger partial charge on any atom is -0.478 e. The lowest BCUT2D eigenvalue weighted by molar-refractivity contribution is -0.136. The second-order valence-corrected chi connectivity index (χ2v) is 5.18. The molecule has 0 unspecified atom stereocenters. The number of alkyl halides is 3. The van der Waals surface area contributed by atoms with Crippen LogP contribution >= 0.6 is 0 Å². The van der Waals surface area contributed by atoms with E-state index in [2.05, 4.69) is 4.98 Å². The van der Waals surface area contributed by atoms with Gasteiger partial charge in [0.25, 0.3) is 0 Å². The molecule has 0 saturated carbocycles. The van der Waals surface area contributed by atoms with Crippen molar-refractivity contribution >= 4 is 16.7 Å². The molecule has 0 aliphatic rings. The van der Waals surface area contributed by atoms with E-state index >= 15 is 0 Å². The largest absolute Gasteiger partial charge is 0.478 e. The van der Waals surface area contributed by atoms with E-state index in [0.29, 0.717) is 6.20 Å². The van der Waals surface area contributed by atoms with E-state index in [4.69, 9.17) is 5.11 Å². The van der Waals surface area contributed by atoms with Gasteiger partial charge in [-0.15, -0.1) is 0 Å². The van der Waals surface area contributed by atoms with E-state index in [9.17, 15) is 26.7 Å². The molecule has 0 spiro atoms. The first-order valence-electron chi connectivity index (χ1n) is 6.88. The summed E-state index contributed by atoms with van der Waals surface area (Å²) < 4.78 is 67.6. The van der Waals surface area contributed by atoms with Crippen molar-refractivity contribution in [2.24, 2.45) is 0 Å². The van der Waals surface area contributed by atoms with E-state index in [-0.39, 0.29) is 10.9 Å². The standard InChI is InChI=1S/C17H8F5NO2/c18-12-2-1-3-13(19)14(12)15-10-6-8(16(24)25)4-5-9(10)11(7-23-15)17(20,21)22/h1-7H,(H,24,25). The Labute approximate surface area is 137 Å². The molecule has 3 rings (SSSR count). The second-order valence-electron chi connectivity index (χ2n) is 5.18. The first-order chi connectivity index (χ1) is 11.7. The van der Waals surface area contributed by atoms with Gasteiger partial charge in [0.2, 0.25) is 0 Å². The number of carboxylic acids is 1. The minimum atomic E-state index is -4.76. The zero-order valence-electron chi connectivity index (χ0n) is 12.2. The SMILES string of the molecule is O=C(O)c1ccc2c(C(F)(F)F)cnc(-c3c(F)cccc3F)c2c1.